The Morgan fingerprint density at radius 1 is 1.12 bits per heavy atom. The number of hydrogen-bond donors (Lipinski definition) is 1. The van der Waals surface area contributed by atoms with Gasteiger partial charge in [0, 0.05) is 5.56 Å². The van der Waals surface area contributed by atoms with Gasteiger partial charge in [-0.05, 0) is 18.9 Å². The highest BCUT2D eigenvalue weighted by Gasteiger charge is 2.17. The second kappa shape index (κ2) is 6.70. The van der Waals surface area contributed by atoms with Crippen LogP contribution in [0.15, 0.2) is 12.1 Å². The molecule has 1 unspecified atom stereocenters. The molecule has 1 atom stereocenters. The Morgan fingerprint density at radius 3 is 2.47 bits per heavy atom. The summed E-state index contributed by atoms with van der Waals surface area (Å²) in [5.74, 6) is -1.76. The number of aryl methyl sites for hydroxylation is 1. The summed E-state index contributed by atoms with van der Waals surface area (Å²) in [6, 6.07) is 2.97. The van der Waals surface area contributed by atoms with Crippen molar-refractivity contribution in [2.75, 3.05) is 0 Å². The SMILES string of the molecule is CCCCCCC(O)c1ccc(C)c(F)c1F. The summed E-state index contributed by atoms with van der Waals surface area (Å²) in [6.07, 6.45) is 3.66. The first-order valence-corrected chi connectivity index (χ1v) is 6.20. The van der Waals surface area contributed by atoms with Crippen LogP contribution in [0, 0.1) is 18.6 Å². The van der Waals surface area contributed by atoms with Gasteiger partial charge >= 0.3 is 0 Å². The van der Waals surface area contributed by atoms with Crippen LogP contribution in [-0.4, -0.2) is 5.11 Å². The smallest absolute Gasteiger partial charge is 0.164 e. The quantitative estimate of drug-likeness (QED) is 0.738. The van der Waals surface area contributed by atoms with Crippen LogP contribution in [0.4, 0.5) is 8.78 Å². The number of unbranched alkanes of at least 4 members (excludes halogenated alkanes) is 3. The molecule has 1 aromatic carbocycles. The Labute approximate surface area is 101 Å². The molecule has 1 rings (SSSR count). The van der Waals surface area contributed by atoms with Crippen LogP contribution < -0.4 is 0 Å². The number of benzene rings is 1. The second-order valence-corrected chi connectivity index (χ2v) is 4.46. The molecule has 0 aromatic heterocycles. The Morgan fingerprint density at radius 2 is 1.82 bits per heavy atom. The van der Waals surface area contributed by atoms with E-state index in [0.717, 1.165) is 25.7 Å². The molecular formula is C14H20F2O. The molecule has 0 radical (unpaired) electrons. The van der Waals surface area contributed by atoms with Crippen LogP contribution in [0.5, 0.6) is 0 Å². The molecule has 0 aliphatic heterocycles. The van der Waals surface area contributed by atoms with Crippen LogP contribution >= 0.6 is 0 Å². The summed E-state index contributed by atoms with van der Waals surface area (Å²) in [6.45, 7) is 3.61. The molecule has 0 heterocycles. The summed E-state index contributed by atoms with van der Waals surface area (Å²) in [7, 11) is 0. The van der Waals surface area contributed by atoms with Crippen molar-refractivity contribution in [1.82, 2.24) is 0 Å². The second-order valence-electron chi connectivity index (χ2n) is 4.46. The first-order chi connectivity index (χ1) is 8.07. The molecule has 0 spiro atoms. The van der Waals surface area contributed by atoms with Crippen LogP contribution in [-0.2, 0) is 0 Å². The van der Waals surface area contributed by atoms with E-state index in [1.165, 1.54) is 19.1 Å². The van der Waals surface area contributed by atoms with Crippen molar-refractivity contribution >= 4 is 0 Å². The molecule has 0 fully saturated rings. The Bertz CT molecular complexity index is 363. The molecule has 0 aliphatic carbocycles. The van der Waals surface area contributed by atoms with Crippen LogP contribution in [0.1, 0.15) is 56.3 Å². The van der Waals surface area contributed by atoms with E-state index >= 15 is 0 Å². The van der Waals surface area contributed by atoms with Crippen molar-refractivity contribution < 1.29 is 13.9 Å². The zero-order valence-electron chi connectivity index (χ0n) is 10.5. The van der Waals surface area contributed by atoms with E-state index < -0.39 is 17.7 Å². The first-order valence-electron chi connectivity index (χ1n) is 6.20. The monoisotopic (exact) mass is 242 g/mol. The fourth-order valence-corrected chi connectivity index (χ4v) is 1.84. The van der Waals surface area contributed by atoms with Gasteiger partial charge in [-0.3, -0.25) is 0 Å². The molecule has 1 nitrogen and oxygen atoms in total. The number of aliphatic hydroxyl groups is 1. The van der Waals surface area contributed by atoms with E-state index in [1.54, 1.807) is 0 Å². The van der Waals surface area contributed by atoms with Crippen LogP contribution in [0.3, 0.4) is 0 Å². The van der Waals surface area contributed by atoms with E-state index in [2.05, 4.69) is 6.92 Å². The lowest BCUT2D eigenvalue weighted by atomic mass is 10.0. The third kappa shape index (κ3) is 3.77. The summed E-state index contributed by atoms with van der Waals surface area (Å²) in [4.78, 5) is 0. The predicted molar refractivity (Wildman–Crippen MR) is 64.8 cm³/mol. The van der Waals surface area contributed by atoms with Crippen LogP contribution in [0.2, 0.25) is 0 Å². The fraction of sp³-hybridized carbons (Fsp3) is 0.571. The van der Waals surface area contributed by atoms with Gasteiger partial charge in [-0.25, -0.2) is 8.78 Å². The Kier molecular flexibility index (Phi) is 5.56. The molecule has 1 N–H and O–H groups in total. The van der Waals surface area contributed by atoms with Gasteiger partial charge in [0.05, 0.1) is 6.10 Å². The molecule has 96 valence electrons. The predicted octanol–water partition coefficient (Wildman–Crippen LogP) is 4.28. The molecule has 0 aliphatic rings. The highest BCUT2D eigenvalue weighted by Crippen LogP contribution is 2.25. The summed E-state index contributed by atoms with van der Waals surface area (Å²) < 4.78 is 26.9. The van der Waals surface area contributed by atoms with Gasteiger partial charge in [0.2, 0.25) is 0 Å². The minimum atomic E-state index is -0.909. The molecule has 17 heavy (non-hydrogen) atoms. The number of halogens is 2. The van der Waals surface area contributed by atoms with Crippen molar-refractivity contribution in [3.05, 3.63) is 34.9 Å². The van der Waals surface area contributed by atoms with Crippen molar-refractivity contribution in [1.29, 1.82) is 0 Å². The largest absolute Gasteiger partial charge is 0.388 e. The fourth-order valence-electron chi connectivity index (χ4n) is 1.84. The lowest BCUT2D eigenvalue weighted by Crippen LogP contribution is -2.04. The first kappa shape index (κ1) is 14.1. The van der Waals surface area contributed by atoms with Crippen molar-refractivity contribution in [3.63, 3.8) is 0 Å². The Hall–Kier alpha value is -0.960. The summed E-state index contributed by atoms with van der Waals surface area (Å²) >= 11 is 0. The zero-order chi connectivity index (χ0) is 12.8. The third-order valence-corrected chi connectivity index (χ3v) is 3.00. The van der Waals surface area contributed by atoms with E-state index in [1.807, 2.05) is 0 Å². The molecule has 3 heteroatoms. The highest BCUT2D eigenvalue weighted by molar-refractivity contribution is 5.26. The van der Waals surface area contributed by atoms with Crippen LogP contribution in [0.25, 0.3) is 0 Å². The summed E-state index contributed by atoms with van der Waals surface area (Å²) in [5, 5.41) is 9.81. The van der Waals surface area contributed by atoms with Gasteiger partial charge < -0.3 is 5.11 Å². The minimum absolute atomic E-state index is 0.0737. The number of hydrogen-bond acceptors (Lipinski definition) is 1. The van der Waals surface area contributed by atoms with Gasteiger partial charge in [-0.2, -0.15) is 0 Å². The maximum absolute atomic E-state index is 13.6. The standard InChI is InChI=1S/C14H20F2O/c1-3-4-5-6-7-12(17)11-9-8-10(2)13(15)14(11)16/h8-9,12,17H,3-7H2,1-2H3. The maximum Gasteiger partial charge on any atom is 0.164 e. The average Bonchev–Trinajstić information content (AvgIpc) is 2.31. The lowest BCUT2D eigenvalue weighted by molar-refractivity contribution is 0.157. The van der Waals surface area contributed by atoms with Gasteiger partial charge in [0.15, 0.2) is 11.6 Å². The number of rotatable bonds is 6. The molecular weight excluding hydrogens is 222 g/mol. The molecule has 0 saturated heterocycles. The van der Waals surface area contributed by atoms with Gasteiger partial charge in [0.1, 0.15) is 0 Å². The van der Waals surface area contributed by atoms with Crippen molar-refractivity contribution in [2.24, 2.45) is 0 Å². The molecule has 0 saturated carbocycles. The number of aliphatic hydroxyl groups excluding tert-OH is 1. The summed E-state index contributed by atoms with van der Waals surface area (Å²) in [5.41, 5.74) is 0.342. The average molecular weight is 242 g/mol. The Balaban J connectivity index is 2.63. The normalized spacial score (nSPS) is 12.8. The maximum atomic E-state index is 13.6. The van der Waals surface area contributed by atoms with Gasteiger partial charge in [-0.15, -0.1) is 0 Å². The zero-order valence-corrected chi connectivity index (χ0v) is 10.5. The highest BCUT2D eigenvalue weighted by atomic mass is 19.2. The molecule has 0 amide bonds. The third-order valence-electron chi connectivity index (χ3n) is 3.00. The lowest BCUT2D eigenvalue weighted by Gasteiger charge is -2.13. The van der Waals surface area contributed by atoms with E-state index in [4.69, 9.17) is 0 Å². The van der Waals surface area contributed by atoms with Crippen molar-refractivity contribution in [3.8, 4) is 0 Å². The van der Waals surface area contributed by atoms with E-state index in [9.17, 15) is 13.9 Å². The minimum Gasteiger partial charge on any atom is -0.388 e. The van der Waals surface area contributed by atoms with Gasteiger partial charge in [0.25, 0.3) is 0 Å². The van der Waals surface area contributed by atoms with E-state index in [-0.39, 0.29) is 11.1 Å². The topological polar surface area (TPSA) is 20.2 Å². The van der Waals surface area contributed by atoms with Gasteiger partial charge in [-0.1, -0.05) is 44.7 Å². The molecule has 0 bridgehead atoms. The van der Waals surface area contributed by atoms with E-state index in [0.29, 0.717) is 6.42 Å². The van der Waals surface area contributed by atoms with Crippen molar-refractivity contribution in [2.45, 2.75) is 52.1 Å². The molecule has 1 aromatic rings.